The van der Waals surface area contributed by atoms with Crippen LogP contribution in [0.2, 0.25) is 0 Å². The van der Waals surface area contributed by atoms with E-state index in [9.17, 15) is 0 Å². The number of ether oxygens (including phenoxy) is 6. The fraction of sp³-hybridized carbons (Fsp3) is 0. The molecule has 19 aromatic rings. The van der Waals surface area contributed by atoms with Crippen molar-refractivity contribution in [2.24, 2.45) is 0 Å². The first-order valence-electron chi connectivity index (χ1n) is 38.2. The van der Waals surface area contributed by atoms with Crippen LogP contribution in [0.5, 0.6) is 69.0 Å². The molecular weight excluding hydrogens is 1400 g/mol. The summed E-state index contributed by atoms with van der Waals surface area (Å²) in [6, 6.07) is 132. The van der Waals surface area contributed by atoms with E-state index in [0.29, 0.717) is 0 Å². The number of furan rings is 1. The molecule has 10 heteroatoms. The second kappa shape index (κ2) is 26.1. The monoisotopic (exact) mass is 1470 g/mol. The molecule has 1 aromatic heterocycles. The standard InChI is InChI=1S/C40H25NO2.C34H21NO2.C30H17NO3/c1-2-12-30-27(10-1)11-9-15-33(30)32-14-4-3-13-31(32)28-22-20-26(21-23-28)29-24-38-40-39(25-29)43-37-19-8-6-17-35(37)41(40)34-16-5-7-18-36(34)42-38;1-2-10-26-23(8-1)9-7-11-27(26)24-18-16-22(17-19-24)25-20-32-34-33(21-25)37-31-15-6-4-13-29(31)35(34)28-12-3-5-14-30(28)36-32;1-4-12-23-20(8-1)29-19(9-7-15-26(29)32-23)18-16-27-30-28(17-18)34-25-14-6-3-11-22(25)31(30)21-10-2-5-13-24(21)33-27/h1-25H;1-21H;1-17H. The highest BCUT2D eigenvalue weighted by Gasteiger charge is 2.39. The molecule has 0 aliphatic carbocycles. The third-order valence-corrected chi connectivity index (χ3v) is 22.3. The molecule has 0 fully saturated rings. The SMILES string of the molecule is c1ccc2c(c1)Oc1cc(-c3ccc(-c4cccc5ccccc45)cc3)cc3c1N2c1ccccc1O3.c1ccc2c(c1)Oc1cc(-c3ccc(-c4ccccc4-c4cccc5ccccc45)cc3)cc3c1N2c1ccccc1O3.c1ccc2c(c1)Oc1cc(-c3cccc4oc5ccccc5c34)cc3c1N2c1ccccc1O3. The van der Waals surface area contributed by atoms with E-state index in [4.69, 9.17) is 32.8 Å². The van der Waals surface area contributed by atoms with Gasteiger partial charge in [-0.3, -0.25) is 14.7 Å². The number of nitrogens with zero attached hydrogens (tertiary/aromatic N) is 3. The fourth-order valence-corrected chi connectivity index (χ4v) is 17.2. The van der Waals surface area contributed by atoms with Gasteiger partial charge in [0.25, 0.3) is 0 Å². The summed E-state index contributed by atoms with van der Waals surface area (Å²) in [4.78, 5) is 6.73. The van der Waals surface area contributed by atoms with Crippen LogP contribution in [0.3, 0.4) is 0 Å². The number of hydrogen-bond acceptors (Lipinski definition) is 10. The van der Waals surface area contributed by atoms with Crippen LogP contribution in [0.4, 0.5) is 51.2 Å². The molecule has 0 bridgehead atoms. The molecule has 0 spiro atoms. The van der Waals surface area contributed by atoms with Crippen LogP contribution >= 0.6 is 0 Å². The lowest BCUT2D eigenvalue weighted by atomic mass is 9.91. The number of anilines is 9. The van der Waals surface area contributed by atoms with Gasteiger partial charge in [0.1, 0.15) is 28.2 Å². The summed E-state index contributed by atoms with van der Waals surface area (Å²) in [6.45, 7) is 0. The van der Waals surface area contributed by atoms with Crippen molar-refractivity contribution < 1.29 is 32.8 Å². The van der Waals surface area contributed by atoms with Crippen molar-refractivity contribution in [1.29, 1.82) is 0 Å². The molecule has 536 valence electrons. The van der Waals surface area contributed by atoms with Gasteiger partial charge in [0.15, 0.2) is 69.0 Å². The molecule has 18 aromatic carbocycles. The molecule has 0 N–H and O–H groups in total. The Morgan fingerprint density at radius 1 is 0.167 bits per heavy atom. The first-order valence-corrected chi connectivity index (χ1v) is 38.2. The molecule has 7 heterocycles. The molecule has 0 amide bonds. The van der Waals surface area contributed by atoms with Crippen LogP contribution in [0.15, 0.2) is 387 Å². The molecule has 0 saturated heterocycles. The molecule has 6 aliphatic rings. The van der Waals surface area contributed by atoms with Crippen molar-refractivity contribution in [1.82, 2.24) is 0 Å². The zero-order valence-corrected chi connectivity index (χ0v) is 61.1. The van der Waals surface area contributed by atoms with E-state index in [1.54, 1.807) is 0 Å². The summed E-state index contributed by atoms with van der Waals surface area (Å²) in [5.41, 5.74) is 24.3. The van der Waals surface area contributed by atoms with Crippen LogP contribution in [0.1, 0.15) is 0 Å². The lowest BCUT2D eigenvalue weighted by Crippen LogP contribution is -2.20. The van der Waals surface area contributed by atoms with Crippen molar-refractivity contribution in [3.05, 3.63) is 382 Å². The van der Waals surface area contributed by atoms with Crippen LogP contribution in [-0.2, 0) is 0 Å². The van der Waals surface area contributed by atoms with Crippen LogP contribution in [0, 0.1) is 0 Å². The maximum atomic E-state index is 6.47. The average molecular weight is 1470 g/mol. The Labute approximate surface area is 656 Å². The summed E-state index contributed by atoms with van der Waals surface area (Å²) in [5, 5.41) is 7.20. The van der Waals surface area contributed by atoms with Gasteiger partial charge in [-0.25, -0.2) is 0 Å². The van der Waals surface area contributed by atoms with Crippen LogP contribution < -0.4 is 43.1 Å². The number of hydrogen-bond donors (Lipinski definition) is 0. The molecule has 0 radical (unpaired) electrons. The molecule has 25 rings (SSSR count). The van der Waals surface area contributed by atoms with E-state index in [0.717, 1.165) is 175 Å². The van der Waals surface area contributed by atoms with Gasteiger partial charge in [0.2, 0.25) is 0 Å². The maximum Gasteiger partial charge on any atom is 0.156 e. The summed E-state index contributed by atoms with van der Waals surface area (Å²) < 4.78 is 44.8. The highest BCUT2D eigenvalue weighted by molar-refractivity contribution is 6.13. The fourth-order valence-electron chi connectivity index (χ4n) is 17.2. The number of rotatable bonds is 6. The quantitative estimate of drug-likeness (QED) is 0.161. The van der Waals surface area contributed by atoms with Gasteiger partial charge in [0, 0.05) is 10.8 Å². The normalized spacial score (nSPS) is 12.8. The van der Waals surface area contributed by atoms with E-state index < -0.39 is 0 Å². The van der Waals surface area contributed by atoms with E-state index in [1.165, 1.54) is 54.9 Å². The van der Waals surface area contributed by atoms with Gasteiger partial charge in [-0.2, -0.15) is 0 Å². The Balaban J connectivity index is 0.000000102. The maximum absolute atomic E-state index is 6.47. The second-order valence-electron chi connectivity index (χ2n) is 28.9. The van der Waals surface area contributed by atoms with Crippen LogP contribution in [-0.4, -0.2) is 0 Å². The summed E-state index contributed by atoms with van der Waals surface area (Å²) >= 11 is 0. The minimum atomic E-state index is 0.769. The third kappa shape index (κ3) is 10.6. The highest BCUT2D eigenvalue weighted by Crippen LogP contribution is 2.64. The lowest BCUT2D eigenvalue weighted by Gasteiger charge is -2.38. The molecule has 10 nitrogen and oxygen atoms in total. The Hall–Kier alpha value is -15.5. The van der Waals surface area contributed by atoms with E-state index >= 15 is 0 Å². The van der Waals surface area contributed by atoms with E-state index in [1.807, 2.05) is 140 Å². The van der Waals surface area contributed by atoms with Gasteiger partial charge >= 0.3 is 0 Å². The summed E-state index contributed by atoms with van der Waals surface area (Å²) in [7, 11) is 0. The van der Waals surface area contributed by atoms with E-state index in [2.05, 4.69) is 257 Å². The molecule has 114 heavy (non-hydrogen) atoms. The van der Waals surface area contributed by atoms with Gasteiger partial charge < -0.3 is 32.8 Å². The van der Waals surface area contributed by atoms with Gasteiger partial charge in [-0.1, -0.05) is 261 Å². The second-order valence-corrected chi connectivity index (χ2v) is 28.9. The topological polar surface area (TPSA) is 78.2 Å². The molecule has 0 unspecified atom stereocenters. The molecule has 0 saturated carbocycles. The highest BCUT2D eigenvalue weighted by atomic mass is 16.5. The zero-order chi connectivity index (χ0) is 74.9. The van der Waals surface area contributed by atoms with Crippen molar-refractivity contribution in [3.63, 3.8) is 0 Å². The lowest BCUT2D eigenvalue weighted by molar-refractivity contribution is 0.446. The summed E-state index contributed by atoms with van der Waals surface area (Å²) in [6.07, 6.45) is 0. The first kappa shape index (κ1) is 64.5. The van der Waals surface area contributed by atoms with Gasteiger partial charge in [0.05, 0.1) is 34.1 Å². The van der Waals surface area contributed by atoms with Crippen molar-refractivity contribution in [3.8, 4) is 136 Å². The van der Waals surface area contributed by atoms with Gasteiger partial charge in [-0.15, -0.1) is 0 Å². The molecule has 0 atom stereocenters. The number of fused-ring (bicyclic) bond motifs is 17. The number of benzene rings is 18. The predicted molar refractivity (Wildman–Crippen MR) is 459 cm³/mol. The minimum absolute atomic E-state index is 0.769. The van der Waals surface area contributed by atoms with Crippen molar-refractivity contribution in [2.75, 3.05) is 14.7 Å². The van der Waals surface area contributed by atoms with Crippen molar-refractivity contribution in [2.45, 2.75) is 0 Å². The largest absolute Gasteiger partial charge is 0.456 e. The van der Waals surface area contributed by atoms with E-state index in [-0.39, 0.29) is 0 Å². The Morgan fingerprint density at radius 3 is 0.877 bits per heavy atom. The predicted octanol–water partition coefficient (Wildman–Crippen LogP) is 30.3. The third-order valence-electron chi connectivity index (χ3n) is 22.3. The van der Waals surface area contributed by atoms with Crippen molar-refractivity contribution >= 4 is 94.7 Å². The zero-order valence-electron chi connectivity index (χ0n) is 61.1. The Morgan fingerprint density at radius 2 is 0.447 bits per heavy atom. The first-order chi connectivity index (χ1) is 56.5. The smallest absolute Gasteiger partial charge is 0.156 e. The van der Waals surface area contributed by atoms with Crippen LogP contribution in [0.25, 0.3) is 110 Å². The molecule has 6 aliphatic heterocycles. The minimum Gasteiger partial charge on any atom is -0.456 e. The van der Waals surface area contributed by atoms with Gasteiger partial charge in [-0.05, 0) is 210 Å². The Bertz CT molecular complexity index is 6950. The summed E-state index contributed by atoms with van der Waals surface area (Å²) in [5.74, 6) is 9.65. The molecular formula is C104H63N3O7. The Kier molecular flexibility index (Phi) is 14.8. The average Bonchev–Trinajstić information content (AvgIpc) is 0.786. The number of para-hydroxylation sites is 13.